The van der Waals surface area contributed by atoms with Crippen molar-refractivity contribution in [1.29, 1.82) is 0 Å². The van der Waals surface area contributed by atoms with Crippen LogP contribution in [0.15, 0.2) is 17.2 Å². The third-order valence-corrected chi connectivity index (χ3v) is 2.92. The van der Waals surface area contributed by atoms with Crippen LogP contribution in [0.2, 0.25) is 0 Å². The van der Waals surface area contributed by atoms with E-state index < -0.39 is 9.84 Å². The van der Waals surface area contributed by atoms with Crippen LogP contribution in [0.4, 0.5) is 5.69 Å². The molecule has 1 N–H and O–H groups in total. The van der Waals surface area contributed by atoms with Gasteiger partial charge in [-0.25, -0.2) is 13.4 Å². The van der Waals surface area contributed by atoms with Gasteiger partial charge in [0.05, 0.1) is 7.11 Å². The minimum Gasteiger partial charge on any atom is -0.481 e. The van der Waals surface area contributed by atoms with Gasteiger partial charge in [-0.15, -0.1) is 0 Å². The third kappa shape index (κ3) is 3.37. The minimum absolute atomic E-state index is 0.0189. The number of anilines is 1. The van der Waals surface area contributed by atoms with Gasteiger partial charge in [0.25, 0.3) is 0 Å². The van der Waals surface area contributed by atoms with Gasteiger partial charge < -0.3 is 10.1 Å². The van der Waals surface area contributed by atoms with E-state index in [1.54, 1.807) is 6.07 Å². The molecular weight excluding hydrogens is 228 g/mol. The van der Waals surface area contributed by atoms with E-state index in [2.05, 4.69) is 10.3 Å². The van der Waals surface area contributed by atoms with Crippen molar-refractivity contribution in [2.24, 2.45) is 0 Å². The first-order valence-corrected chi connectivity index (χ1v) is 6.86. The summed E-state index contributed by atoms with van der Waals surface area (Å²) in [6, 6.07) is 3.18. The lowest BCUT2D eigenvalue weighted by Gasteiger charge is -2.08. The molecule has 1 heterocycles. The molecule has 0 amide bonds. The summed E-state index contributed by atoms with van der Waals surface area (Å²) in [5, 5.41) is 3.12. The number of pyridine rings is 1. The fraction of sp³-hybridized carbons (Fsp3) is 0.500. The van der Waals surface area contributed by atoms with E-state index in [1.165, 1.54) is 13.2 Å². The molecule has 6 heteroatoms. The molecule has 0 fully saturated rings. The number of nitrogens with zero attached hydrogens (tertiary/aromatic N) is 1. The molecule has 0 aliphatic rings. The van der Waals surface area contributed by atoms with Gasteiger partial charge in [-0.2, -0.15) is 0 Å². The summed E-state index contributed by atoms with van der Waals surface area (Å²) < 4.78 is 27.7. The zero-order valence-electron chi connectivity index (χ0n) is 9.65. The number of ether oxygens (including phenoxy) is 1. The average molecular weight is 244 g/mol. The number of sulfone groups is 1. The Morgan fingerprint density at radius 2 is 2.12 bits per heavy atom. The molecule has 0 atom stereocenters. The van der Waals surface area contributed by atoms with Gasteiger partial charge in [0.2, 0.25) is 5.88 Å². The van der Waals surface area contributed by atoms with Crippen LogP contribution >= 0.6 is 0 Å². The Bertz CT molecular complexity index is 457. The van der Waals surface area contributed by atoms with E-state index in [4.69, 9.17) is 4.74 Å². The standard InChI is InChI=1S/C10H16N2O3S/c1-4-5-11-8-6-9(15-2)12-10(7-8)16(3,13)14/h6-7H,4-5H2,1-3H3,(H,11,12). The Morgan fingerprint density at radius 1 is 1.44 bits per heavy atom. The van der Waals surface area contributed by atoms with Gasteiger partial charge in [-0.05, 0) is 12.5 Å². The molecule has 0 saturated carbocycles. The van der Waals surface area contributed by atoms with Crippen LogP contribution in [0.3, 0.4) is 0 Å². The first-order valence-electron chi connectivity index (χ1n) is 4.97. The molecule has 16 heavy (non-hydrogen) atoms. The second-order valence-electron chi connectivity index (χ2n) is 3.44. The second kappa shape index (κ2) is 5.16. The summed E-state index contributed by atoms with van der Waals surface area (Å²) >= 11 is 0. The lowest BCUT2D eigenvalue weighted by Crippen LogP contribution is -2.06. The Labute approximate surface area is 95.8 Å². The molecule has 0 spiro atoms. The third-order valence-electron chi connectivity index (χ3n) is 1.95. The minimum atomic E-state index is -3.31. The highest BCUT2D eigenvalue weighted by Gasteiger charge is 2.12. The summed E-state index contributed by atoms with van der Waals surface area (Å²) in [5.41, 5.74) is 0.703. The predicted molar refractivity (Wildman–Crippen MR) is 62.7 cm³/mol. The maximum Gasteiger partial charge on any atom is 0.216 e. The number of hydrogen-bond donors (Lipinski definition) is 1. The van der Waals surface area contributed by atoms with Gasteiger partial charge in [0, 0.05) is 24.6 Å². The van der Waals surface area contributed by atoms with Crippen molar-refractivity contribution in [3.05, 3.63) is 12.1 Å². The van der Waals surface area contributed by atoms with E-state index in [0.29, 0.717) is 11.6 Å². The molecule has 0 aliphatic carbocycles. The zero-order chi connectivity index (χ0) is 12.2. The SMILES string of the molecule is CCCNc1cc(OC)nc(S(C)(=O)=O)c1. The molecular formula is C10H16N2O3S. The van der Waals surface area contributed by atoms with Gasteiger partial charge in [-0.1, -0.05) is 6.92 Å². The van der Waals surface area contributed by atoms with Crippen LogP contribution in [0, 0.1) is 0 Å². The van der Waals surface area contributed by atoms with Crippen LogP contribution < -0.4 is 10.1 Å². The highest BCUT2D eigenvalue weighted by Crippen LogP contribution is 2.19. The molecule has 0 unspecified atom stereocenters. The molecule has 0 bridgehead atoms. The van der Waals surface area contributed by atoms with Crippen LogP contribution in [0.25, 0.3) is 0 Å². The van der Waals surface area contributed by atoms with Crippen molar-refractivity contribution < 1.29 is 13.2 Å². The average Bonchev–Trinajstić information content (AvgIpc) is 2.24. The first kappa shape index (κ1) is 12.8. The highest BCUT2D eigenvalue weighted by molar-refractivity contribution is 7.90. The van der Waals surface area contributed by atoms with Crippen LogP contribution in [0.5, 0.6) is 5.88 Å². The van der Waals surface area contributed by atoms with Crippen molar-refractivity contribution in [2.75, 3.05) is 25.2 Å². The largest absolute Gasteiger partial charge is 0.481 e. The zero-order valence-corrected chi connectivity index (χ0v) is 10.5. The van der Waals surface area contributed by atoms with Gasteiger partial charge in [0.1, 0.15) is 0 Å². The number of hydrogen-bond acceptors (Lipinski definition) is 5. The Hall–Kier alpha value is -1.30. The Morgan fingerprint density at radius 3 is 2.62 bits per heavy atom. The van der Waals surface area contributed by atoms with E-state index in [1.807, 2.05) is 6.92 Å². The predicted octanol–water partition coefficient (Wildman–Crippen LogP) is 1.32. The Kier molecular flexibility index (Phi) is 4.12. The van der Waals surface area contributed by atoms with Crippen molar-refractivity contribution >= 4 is 15.5 Å². The summed E-state index contributed by atoms with van der Waals surface area (Å²) in [5.74, 6) is 0.293. The number of aromatic nitrogens is 1. The molecule has 0 radical (unpaired) electrons. The topological polar surface area (TPSA) is 68.3 Å². The normalized spacial score (nSPS) is 11.2. The monoisotopic (exact) mass is 244 g/mol. The van der Waals surface area contributed by atoms with Gasteiger partial charge >= 0.3 is 0 Å². The van der Waals surface area contributed by atoms with E-state index >= 15 is 0 Å². The van der Waals surface area contributed by atoms with E-state index in [0.717, 1.165) is 19.2 Å². The van der Waals surface area contributed by atoms with E-state index in [-0.39, 0.29) is 5.03 Å². The molecule has 1 aromatic rings. The van der Waals surface area contributed by atoms with Crippen molar-refractivity contribution in [3.63, 3.8) is 0 Å². The van der Waals surface area contributed by atoms with Crippen LogP contribution in [-0.4, -0.2) is 33.3 Å². The summed E-state index contributed by atoms with van der Waals surface area (Å²) in [6.45, 7) is 2.80. The quantitative estimate of drug-likeness (QED) is 0.846. The number of methoxy groups -OCH3 is 1. The number of nitrogens with one attached hydrogen (secondary N) is 1. The molecule has 1 rings (SSSR count). The molecule has 1 aromatic heterocycles. The first-order chi connectivity index (χ1) is 7.47. The smallest absolute Gasteiger partial charge is 0.216 e. The molecule has 5 nitrogen and oxygen atoms in total. The lowest BCUT2D eigenvalue weighted by molar-refractivity contribution is 0.394. The van der Waals surface area contributed by atoms with Crippen molar-refractivity contribution in [1.82, 2.24) is 4.98 Å². The second-order valence-corrected chi connectivity index (χ2v) is 5.40. The van der Waals surface area contributed by atoms with Crippen molar-refractivity contribution in [3.8, 4) is 5.88 Å². The summed E-state index contributed by atoms with van der Waals surface area (Å²) in [4.78, 5) is 3.88. The fourth-order valence-corrected chi connectivity index (χ4v) is 1.74. The van der Waals surface area contributed by atoms with Gasteiger partial charge in [-0.3, -0.25) is 0 Å². The van der Waals surface area contributed by atoms with Crippen molar-refractivity contribution in [2.45, 2.75) is 18.4 Å². The fourth-order valence-electron chi connectivity index (χ4n) is 1.15. The van der Waals surface area contributed by atoms with Gasteiger partial charge in [0.15, 0.2) is 14.9 Å². The molecule has 0 saturated heterocycles. The summed E-state index contributed by atoms with van der Waals surface area (Å²) in [7, 11) is -1.86. The lowest BCUT2D eigenvalue weighted by atomic mass is 10.4. The maximum atomic E-state index is 11.4. The van der Waals surface area contributed by atoms with E-state index in [9.17, 15) is 8.42 Å². The number of rotatable bonds is 5. The molecule has 0 aliphatic heterocycles. The maximum absolute atomic E-state index is 11.4. The highest BCUT2D eigenvalue weighted by atomic mass is 32.2. The van der Waals surface area contributed by atoms with Crippen LogP contribution in [-0.2, 0) is 9.84 Å². The van der Waals surface area contributed by atoms with Crippen LogP contribution in [0.1, 0.15) is 13.3 Å². The molecule has 90 valence electrons. The Balaban J connectivity index is 3.11. The molecule has 0 aromatic carbocycles. The summed E-state index contributed by atoms with van der Waals surface area (Å²) in [6.07, 6.45) is 2.08.